The van der Waals surface area contributed by atoms with Crippen LogP contribution < -0.4 is 9.80 Å². The lowest BCUT2D eigenvalue weighted by atomic mass is 10.00. The van der Waals surface area contributed by atoms with Gasteiger partial charge in [-0.1, -0.05) is 24.6 Å². The molecule has 3 heterocycles. The van der Waals surface area contributed by atoms with Gasteiger partial charge in [-0.05, 0) is 37.0 Å². The zero-order chi connectivity index (χ0) is 19.5. The number of carbonyl (C=O) groups excluding carboxylic acids is 1. The maximum atomic E-state index is 12.8. The Labute approximate surface area is 171 Å². The number of anilines is 2. The number of benzene rings is 1. The number of hydrogen-bond donors (Lipinski definition) is 0. The van der Waals surface area contributed by atoms with Crippen molar-refractivity contribution in [2.45, 2.75) is 19.8 Å². The molecule has 2 aliphatic heterocycles. The van der Waals surface area contributed by atoms with Crippen LogP contribution in [0.5, 0.6) is 0 Å². The van der Waals surface area contributed by atoms with Crippen molar-refractivity contribution in [2.75, 3.05) is 49.1 Å². The van der Waals surface area contributed by atoms with E-state index < -0.39 is 0 Å². The fraction of sp³-hybridized carbons (Fsp3) is 0.476. The van der Waals surface area contributed by atoms with Gasteiger partial charge in [0.1, 0.15) is 17.8 Å². The fourth-order valence-electron chi connectivity index (χ4n) is 4.04. The summed E-state index contributed by atoms with van der Waals surface area (Å²) in [7, 11) is 0. The number of carbonyl (C=O) groups is 1. The van der Waals surface area contributed by atoms with E-state index in [-0.39, 0.29) is 5.91 Å². The SMILES string of the molecule is CC1CCCN(C(=O)c2cc(N3CCN(c4cccc(Cl)c4)CC3)ncn2)C1. The molecule has 148 valence electrons. The lowest BCUT2D eigenvalue weighted by Gasteiger charge is -2.37. The second-order valence-electron chi connectivity index (χ2n) is 7.71. The van der Waals surface area contributed by atoms with Gasteiger partial charge in [-0.3, -0.25) is 4.79 Å². The third-order valence-corrected chi connectivity index (χ3v) is 5.83. The second kappa shape index (κ2) is 8.35. The van der Waals surface area contributed by atoms with Gasteiger partial charge in [0.25, 0.3) is 5.91 Å². The minimum absolute atomic E-state index is 0.0211. The lowest BCUT2D eigenvalue weighted by molar-refractivity contribution is 0.0677. The summed E-state index contributed by atoms with van der Waals surface area (Å²) in [6, 6.07) is 9.80. The predicted octanol–water partition coefficient (Wildman–Crippen LogP) is 3.33. The van der Waals surface area contributed by atoms with E-state index in [4.69, 9.17) is 11.6 Å². The van der Waals surface area contributed by atoms with Gasteiger partial charge in [-0.25, -0.2) is 9.97 Å². The first-order valence-electron chi connectivity index (χ1n) is 9.97. The highest BCUT2D eigenvalue weighted by molar-refractivity contribution is 6.30. The molecule has 1 aromatic heterocycles. The van der Waals surface area contributed by atoms with E-state index in [0.717, 1.165) is 62.2 Å². The maximum absolute atomic E-state index is 12.8. The summed E-state index contributed by atoms with van der Waals surface area (Å²) in [5, 5.41) is 0.755. The number of amides is 1. The van der Waals surface area contributed by atoms with Gasteiger partial charge in [0.05, 0.1) is 0 Å². The van der Waals surface area contributed by atoms with Crippen molar-refractivity contribution in [3.05, 3.63) is 47.4 Å². The van der Waals surface area contributed by atoms with Crippen LogP contribution in [0.4, 0.5) is 11.5 Å². The highest BCUT2D eigenvalue weighted by Gasteiger charge is 2.24. The molecule has 2 aromatic rings. The Morgan fingerprint density at radius 3 is 2.61 bits per heavy atom. The molecule has 1 aromatic carbocycles. The van der Waals surface area contributed by atoms with E-state index in [0.29, 0.717) is 11.6 Å². The molecule has 0 aliphatic carbocycles. The molecule has 2 saturated heterocycles. The fourth-order valence-corrected chi connectivity index (χ4v) is 4.22. The molecule has 1 unspecified atom stereocenters. The molecule has 2 aliphatic rings. The van der Waals surface area contributed by atoms with Crippen LogP contribution in [0, 0.1) is 5.92 Å². The number of halogens is 1. The van der Waals surface area contributed by atoms with Gasteiger partial charge in [0.2, 0.25) is 0 Å². The highest BCUT2D eigenvalue weighted by Crippen LogP contribution is 2.23. The number of piperazine rings is 1. The molecule has 0 saturated carbocycles. The molecule has 0 bridgehead atoms. The molecule has 1 amide bonds. The van der Waals surface area contributed by atoms with Crippen molar-refractivity contribution in [1.82, 2.24) is 14.9 Å². The zero-order valence-electron chi connectivity index (χ0n) is 16.2. The molecular weight excluding hydrogens is 374 g/mol. The molecule has 0 radical (unpaired) electrons. The van der Waals surface area contributed by atoms with Crippen LogP contribution >= 0.6 is 11.6 Å². The van der Waals surface area contributed by atoms with Crippen molar-refractivity contribution in [2.24, 2.45) is 5.92 Å². The summed E-state index contributed by atoms with van der Waals surface area (Å²) in [5.41, 5.74) is 1.64. The quantitative estimate of drug-likeness (QED) is 0.792. The average Bonchev–Trinajstić information content (AvgIpc) is 2.73. The van der Waals surface area contributed by atoms with Crippen LogP contribution in [0.25, 0.3) is 0 Å². The summed E-state index contributed by atoms with van der Waals surface area (Å²) in [6.45, 7) is 7.30. The zero-order valence-corrected chi connectivity index (χ0v) is 17.0. The summed E-state index contributed by atoms with van der Waals surface area (Å²) >= 11 is 6.12. The molecule has 0 spiro atoms. The number of hydrogen-bond acceptors (Lipinski definition) is 5. The van der Waals surface area contributed by atoms with Gasteiger partial charge >= 0.3 is 0 Å². The van der Waals surface area contributed by atoms with Gasteiger partial charge in [-0.2, -0.15) is 0 Å². The Kier molecular flexibility index (Phi) is 5.67. The largest absolute Gasteiger partial charge is 0.368 e. The minimum atomic E-state index is 0.0211. The van der Waals surface area contributed by atoms with Crippen LogP contribution in [0.1, 0.15) is 30.3 Å². The second-order valence-corrected chi connectivity index (χ2v) is 8.15. The van der Waals surface area contributed by atoms with Crippen LogP contribution in [0.3, 0.4) is 0 Å². The highest BCUT2D eigenvalue weighted by atomic mass is 35.5. The topological polar surface area (TPSA) is 52.6 Å². The van der Waals surface area contributed by atoms with Gasteiger partial charge in [0, 0.05) is 56.0 Å². The molecule has 1 atom stereocenters. The van der Waals surface area contributed by atoms with Crippen molar-refractivity contribution in [1.29, 1.82) is 0 Å². The molecule has 6 nitrogen and oxygen atoms in total. The monoisotopic (exact) mass is 399 g/mol. The summed E-state index contributed by atoms with van der Waals surface area (Å²) < 4.78 is 0. The first-order chi connectivity index (χ1) is 13.6. The van der Waals surface area contributed by atoms with Crippen molar-refractivity contribution in [3.63, 3.8) is 0 Å². The first kappa shape index (κ1) is 19.0. The van der Waals surface area contributed by atoms with Gasteiger partial charge in [0.15, 0.2) is 0 Å². The van der Waals surface area contributed by atoms with E-state index in [1.807, 2.05) is 29.2 Å². The van der Waals surface area contributed by atoms with Crippen LogP contribution in [0.2, 0.25) is 5.02 Å². The molecule has 4 rings (SSSR count). The normalized spacial score (nSPS) is 20.4. The van der Waals surface area contributed by atoms with Crippen molar-refractivity contribution >= 4 is 29.0 Å². The number of piperidine rings is 1. The van der Waals surface area contributed by atoms with Crippen LogP contribution in [-0.2, 0) is 0 Å². The Morgan fingerprint density at radius 2 is 1.86 bits per heavy atom. The standard InChI is InChI=1S/C21H26ClN5O/c1-16-4-3-7-27(14-16)21(28)19-13-20(24-15-23-19)26-10-8-25(9-11-26)18-6-2-5-17(22)12-18/h2,5-6,12-13,15-16H,3-4,7-11,14H2,1H3. The van der Waals surface area contributed by atoms with Crippen LogP contribution in [0.15, 0.2) is 36.7 Å². The first-order valence-corrected chi connectivity index (χ1v) is 10.3. The number of aromatic nitrogens is 2. The lowest BCUT2D eigenvalue weighted by Crippen LogP contribution is -2.47. The van der Waals surface area contributed by atoms with Crippen molar-refractivity contribution in [3.8, 4) is 0 Å². The smallest absolute Gasteiger partial charge is 0.272 e. The number of nitrogens with zero attached hydrogens (tertiary/aromatic N) is 5. The number of rotatable bonds is 3. The predicted molar refractivity (Wildman–Crippen MR) is 112 cm³/mol. The summed E-state index contributed by atoms with van der Waals surface area (Å²) in [4.78, 5) is 28.0. The Hall–Kier alpha value is -2.34. The van der Waals surface area contributed by atoms with E-state index in [1.165, 1.54) is 12.7 Å². The molecule has 28 heavy (non-hydrogen) atoms. The Morgan fingerprint density at radius 1 is 1.07 bits per heavy atom. The average molecular weight is 400 g/mol. The molecular formula is C21H26ClN5O. The molecule has 2 fully saturated rings. The summed E-state index contributed by atoms with van der Waals surface area (Å²) in [6.07, 6.45) is 3.77. The molecule has 7 heteroatoms. The van der Waals surface area contributed by atoms with E-state index in [1.54, 1.807) is 0 Å². The Balaban J connectivity index is 1.42. The number of likely N-dealkylation sites (tertiary alicyclic amines) is 1. The van der Waals surface area contributed by atoms with E-state index in [9.17, 15) is 4.79 Å². The maximum Gasteiger partial charge on any atom is 0.272 e. The van der Waals surface area contributed by atoms with Crippen LogP contribution in [-0.4, -0.2) is 60.0 Å². The van der Waals surface area contributed by atoms with Gasteiger partial charge in [-0.15, -0.1) is 0 Å². The van der Waals surface area contributed by atoms with E-state index in [2.05, 4.69) is 32.8 Å². The third kappa shape index (κ3) is 4.22. The van der Waals surface area contributed by atoms with Crippen molar-refractivity contribution < 1.29 is 4.79 Å². The Bertz CT molecular complexity index is 837. The third-order valence-electron chi connectivity index (χ3n) is 5.59. The minimum Gasteiger partial charge on any atom is -0.368 e. The molecule has 0 N–H and O–H groups in total. The van der Waals surface area contributed by atoms with E-state index >= 15 is 0 Å². The summed E-state index contributed by atoms with van der Waals surface area (Å²) in [5.74, 6) is 1.40. The van der Waals surface area contributed by atoms with Gasteiger partial charge < -0.3 is 14.7 Å².